The van der Waals surface area contributed by atoms with Crippen molar-refractivity contribution >= 4 is 44.9 Å². The molecule has 1 aromatic carbocycles. The number of pyridine rings is 1. The minimum Gasteiger partial charge on any atom is -0.483 e. The van der Waals surface area contributed by atoms with E-state index >= 15 is 0 Å². The van der Waals surface area contributed by atoms with Gasteiger partial charge in [-0.15, -0.1) is 10.2 Å². The third-order valence-corrected chi connectivity index (χ3v) is 5.45. The van der Waals surface area contributed by atoms with Crippen molar-refractivity contribution in [3.63, 3.8) is 0 Å². The largest absolute Gasteiger partial charge is 0.483 e. The fourth-order valence-corrected chi connectivity index (χ4v) is 4.07. The molecule has 3 aromatic rings. The van der Waals surface area contributed by atoms with Crippen molar-refractivity contribution in [3.8, 4) is 5.75 Å². The number of nitrogens with zero attached hydrogens (tertiary/aromatic N) is 3. The molecule has 0 spiro atoms. The number of aromatic nitrogens is 3. The molecule has 7 nitrogen and oxygen atoms in total. The maximum atomic E-state index is 12.4. The highest BCUT2D eigenvalue weighted by atomic mass is 32.2. The average molecular weight is 390 g/mol. The second-order valence-corrected chi connectivity index (χ2v) is 7.76. The van der Waals surface area contributed by atoms with E-state index in [2.05, 4.69) is 15.5 Å². The van der Waals surface area contributed by atoms with Crippen LogP contribution in [0.3, 0.4) is 0 Å². The summed E-state index contributed by atoms with van der Waals surface area (Å²) in [6.07, 6.45) is 1.73. The van der Waals surface area contributed by atoms with Crippen LogP contribution < -0.4 is 15.6 Å². The van der Waals surface area contributed by atoms with Gasteiger partial charge in [-0.05, 0) is 30.9 Å². The molecule has 0 radical (unpaired) electrons. The number of hydrogen-bond donors (Lipinski definition) is 1. The number of anilines is 1. The van der Waals surface area contributed by atoms with Gasteiger partial charge in [0, 0.05) is 18.1 Å². The van der Waals surface area contributed by atoms with E-state index in [1.807, 2.05) is 19.9 Å². The predicted octanol–water partition coefficient (Wildman–Crippen LogP) is 3.00. The molecule has 2 aromatic heterocycles. The van der Waals surface area contributed by atoms with Crippen LogP contribution in [-0.4, -0.2) is 33.0 Å². The Morgan fingerprint density at radius 2 is 2.12 bits per heavy atom. The van der Waals surface area contributed by atoms with E-state index in [0.29, 0.717) is 28.2 Å². The van der Waals surface area contributed by atoms with Crippen molar-refractivity contribution in [1.82, 2.24) is 14.8 Å². The topological polar surface area (TPSA) is 86.1 Å². The first-order valence-electron chi connectivity index (χ1n) is 8.13. The molecule has 0 saturated carbocycles. The molecule has 9 heteroatoms. The molecule has 0 fully saturated rings. The summed E-state index contributed by atoms with van der Waals surface area (Å²) in [6, 6.07) is 7.07. The highest BCUT2D eigenvalue weighted by Gasteiger charge is 2.11. The third-order valence-electron chi connectivity index (χ3n) is 3.60. The molecule has 2 heterocycles. The summed E-state index contributed by atoms with van der Waals surface area (Å²) in [4.78, 5) is 24.4. The molecular formula is C17H18N4O3S2. The minimum absolute atomic E-state index is 0.0743. The number of thioether (sulfide) groups is 1. The van der Waals surface area contributed by atoms with Gasteiger partial charge in [0.05, 0.1) is 5.39 Å². The molecule has 0 bridgehead atoms. The average Bonchev–Trinajstić information content (AvgIpc) is 3.07. The van der Waals surface area contributed by atoms with E-state index < -0.39 is 0 Å². The molecule has 3 rings (SSSR count). The van der Waals surface area contributed by atoms with Crippen LogP contribution in [0.4, 0.5) is 5.13 Å². The van der Waals surface area contributed by atoms with Crippen LogP contribution >= 0.6 is 23.1 Å². The molecule has 136 valence electrons. The highest BCUT2D eigenvalue weighted by molar-refractivity contribution is 8.01. The Morgan fingerprint density at radius 1 is 1.27 bits per heavy atom. The SMILES string of the molecule is CCSc1nnc(NC(=O)COc2cccc3c(=O)n(CC)ccc23)s1. The van der Waals surface area contributed by atoms with Gasteiger partial charge < -0.3 is 9.30 Å². The van der Waals surface area contributed by atoms with Crippen LogP contribution in [0.15, 0.2) is 39.6 Å². The molecule has 0 aliphatic rings. The summed E-state index contributed by atoms with van der Waals surface area (Å²) >= 11 is 2.90. The number of rotatable bonds is 7. The van der Waals surface area contributed by atoms with Crippen molar-refractivity contribution in [3.05, 3.63) is 40.8 Å². The van der Waals surface area contributed by atoms with Crippen LogP contribution in [0.1, 0.15) is 13.8 Å². The van der Waals surface area contributed by atoms with E-state index in [1.54, 1.807) is 40.7 Å². The van der Waals surface area contributed by atoms with E-state index in [-0.39, 0.29) is 18.1 Å². The smallest absolute Gasteiger partial charge is 0.264 e. The Labute approximate surface area is 158 Å². The van der Waals surface area contributed by atoms with Gasteiger partial charge >= 0.3 is 0 Å². The van der Waals surface area contributed by atoms with Crippen LogP contribution in [0.25, 0.3) is 10.8 Å². The monoisotopic (exact) mass is 390 g/mol. The van der Waals surface area contributed by atoms with Crippen molar-refractivity contribution < 1.29 is 9.53 Å². The lowest BCUT2D eigenvalue weighted by Crippen LogP contribution is -2.21. The van der Waals surface area contributed by atoms with Crippen molar-refractivity contribution in [2.75, 3.05) is 17.7 Å². The summed E-state index contributed by atoms with van der Waals surface area (Å²) in [7, 11) is 0. The maximum Gasteiger partial charge on any atom is 0.264 e. The highest BCUT2D eigenvalue weighted by Crippen LogP contribution is 2.25. The van der Waals surface area contributed by atoms with Crippen LogP contribution in [-0.2, 0) is 11.3 Å². The lowest BCUT2D eigenvalue weighted by atomic mass is 10.1. The molecule has 1 N–H and O–H groups in total. The second kappa shape index (κ2) is 8.33. The van der Waals surface area contributed by atoms with Gasteiger partial charge in [-0.1, -0.05) is 36.1 Å². The van der Waals surface area contributed by atoms with Gasteiger partial charge in [-0.2, -0.15) is 0 Å². The van der Waals surface area contributed by atoms with Gasteiger partial charge in [0.2, 0.25) is 5.13 Å². The lowest BCUT2D eigenvalue weighted by Gasteiger charge is -2.10. The summed E-state index contributed by atoms with van der Waals surface area (Å²) < 4.78 is 8.06. The standard InChI is InChI=1S/C17H18N4O3S2/c1-3-21-9-8-11-12(15(21)23)6-5-7-13(11)24-10-14(22)18-16-19-20-17(26-16)25-4-2/h5-9H,3-4,10H2,1-2H3,(H,18,19,22). The zero-order valence-corrected chi connectivity index (χ0v) is 16.0. The van der Waals surface area contributed by atoms with E-state index in [4.69, 9.17) is 4.74 Å². The fraction of sp³-hybridized carbons (Fsp3) is 0.294. The molecule has 0 aliphatic heterocycles. The molecular weight excluding hydrogens is 372 g/mol. The molecule has 1 amide bonds. The first kappa shape index (κ1) is 18.4. The third kappa shape index (κ3) is 4.05. The van der Waals surface area contributed by atoms with Gasteiger partial charge in [0.15, 0.2) is 10.9 Å². The van der Waals surface area contributed by atoms with E-state index in [1.165, 1.54) is 11.3 Å². The van der Waals surface area contributed by atoms with Crippen molar-refractivity contribution in [1.29, 1.82) is 0 Å². The van der Waals surface area contributed by atoms with Crippen molar-refractivity contribution in [2.24, 2.45) is 0 Å². The number of fused-ring (bicyclic) bond motifs is 1. The number of aryl methyl sites for hydroxylation is 1. The van der Waals surface area contributed by atoms with Gasteiger partial charge in [0.1, 0.15) is 5.75 Å². The van der Waals surface area contributed by atoms with Gasteiger partial charge in [0.25, 0.3) is 11.5 Å². The number of amides is 1. The van der Waals surface area contributed by atoms with Crippen LogP contribution in [0, 0.1) is 0 Å². The molecule has 0 saturated heterocycles. The number of nitrogens with one attached hydrogen (secondary N) is 1. The van der Waals surface area contributed by atoms with Crippen LogP contribution in [0.2, 0.25) is 0 Å². The van der Waals surface area contributed by atoms with Gasteiger partial charge in [-0.25, -0.2) is 0 Å². The zero-order chi connectivity index (χ0) is 18.5. The fourth-order valence-electron chi connectivity index (χ4n) is 2.40. The Bertz CT molecular complexity index is 984. The predicted molar refractivity (Wildman–Crippen MR) is 104 cm³/mol. The van der Waals surface area contributed by atoms with Crippen molar-refractivity contribution in [2.45, 2.75) is 24.7 Å². The van der Waals surface area contributed by atoms with E-state index in [9.17, 15) is 9.59 Å². The molecule has 0 atom stereocenters. The summed E-state index contributed by atoms with van der Waals surface area (Å²) in [5.74, 6) is 1.07. The normalized spacial score (nSPS) is 10.8. The Kier molecular flexibility index (Phi) is 5.89. The number of hydrogen-bond acceptors (Lipinski definition) is 7. The number of ether oxygens (including phenoxy) is 1. The second-order valence-electron chi connectivity index (χ2n) is 5.27. The lowest BCUT2D eigenvalue weighted by molar-refractivity contribution is -0.118. The zero-order valence-electron chi connectivity index (χ0n) is 14.4. The summed E-state index contributed by atoms with van der Waals surface area (Å²) in [5.41, 5.74) is -0.0743. The molecule has 26 heavy (non-hydrogen) atoms. The Hall–Kier alpha value is -2.39. The Balaban J connectivity index is 1.70. The molecule has 0 unspecified atom stereocenters. The number of carbonyl (C=O) groups excluding carboxylic acids is 1. The quantitative estimate of drug-likeness (QED) is 0.493. The number of carbonyl (C=O) groups is 1. The van der Waals surface area contributed by atoms with Crippen LogP contribution in [0.5, 0.6) is 5.75 Å². The summed E-state index contributed by atoms with van der Waals surface area (Å²) in [6.45, 7) is 4.36. The number of benzene rings is 1. The first-order valence-corrected chi connectivity index (χ1v) is 9.93. The maximum absolute atomic E-state index is 12.4. The van der Waals surface area contributed by atoms with E-state index in [0.717, 1.165) is 10.1 Å². The first-order chi connectivity index (χ1) is 12.6. The minimum atomic E-state index is -0.326. The molecule has 0 aliphatic carbocycles. The Morgan fingerprint density at radius 3 is 2.88 bits per heavy atom. The summed E-state index contributed by atoms with van der Waals surface area (Å²) in [5, 5.41) is 12.3. The van der Waals surface area contributed by atoms with Gasteiger partial charge in [-0.3, -0.25) is 14.9 Å².